The van der Waals surface area contributed by atoms with Gasteiger partial charge in [0, 0.05) is 15.9 Å². The molecule has 1 aliphatic rings. The second-order valence-electron chi connectivity index (χ2n) is 3.86. The molecule has 0 saturated carbocycles. The first-order chi connectivity index (χ1) is 7.77. The molecule has 1 heterocycles. The Morgan fingerprint density at radius 3 is 3.00 bits per heavy atom. The summed E-state index contributed by atoms with van der Waals surface area (Å²) >= 11 is 9.60. The summed E-state index contributed by atoms with van der Waals surface area (Å²) in [6, 6.07) is 7.79. The lowest BCUT2D eigenvalue weighted by Crippen LogP contribution is -2.22. The van der Waals surface area contributed by atoms with E-state index in [4.69, 9.17) is 11.6 Å². The topological polar surface area (TPSA) is 20.2 Å². The summed E-state index contributed by atoms with van der Waals surface area (Å²) < 4.78 is 0. The Balaban J connectivity index is 1.84. The van der Waals surface area contributed by atoms with Crippen molar-refractivity contribution in [2.75, 3.05) is 11.5 Å². The van der Waals surface area contributed by atoms with Crippen molar-refractivity contribution in [2.45, 2.75) is 29.1 Å². The van der Waals surface area contributed by atoms with E-state index in [2.05, 4.69) is 0 Å². The monoisotopic (exact) mass is 274 g/mol. The fourth-order valence-electron chi connectivity index (χ4n) is 1.75. The largest absolute Gasteiger partial charge is 0.391 e. The van der Waals surface area contributed by atoms with Gasteiger partial charge in [-0.15, -0.1) is 11.8 Å². The van der Waals surface area contributed by atoms with Gasteiger partial charge in [0.05, 0.1) is 11.1 Å². The Hall–Kier alpha value is 0.170. The highest BCUT2D eigenvalue weighted by molar-refractivity contribution is 8.00. The van der Waals surface area contributed by atoms with Crippen LogP contribution in [0, 0.1) is 0 Å². The van der Waals surface area contributed by atoms with Crippen molar-refractivity contribution in [1.82, 2.24) is 0 Å². The van der Waals surface area contributed by atoms with Crippen LogP contribution in [0.4, 0.5) is 0 Å². The number of benzene rings is 1. The quantitative estimate of drug-likeness (QED) is 0.846. The molecule has 88 valence electrons. The molecule has 2 unspecified atom stereocenters. The molecule has 2 atom stereocenters. The van der Waals surface area contributed by atoms with Gasteiger partial charge in [0.2, 0.25) is 0 Å². The van der Waals surface area contributed by atoms with Gasteiger partial charge in [0.25, 0.3) is 0 Å². The van der Waals surface area contributed by atoms with Crippen molar-refractivity contribution in [3.8, 4) is 0 Å². The van der Waals surface area contributed by atoms with E-state index in [1.165, 1.54) is 12.2 Å². The summed E-state index contributed by atoms with van der Waals surface area (Å²) in [4.78, 5) is 1.06. The van der Waals surface area contributed by atoms with Gasteiger partial charge < -0.3 is 5.11 Å². The Bertz CT molecular complexity index is 340. The number of thioether (sulfide) groups is 2. The summed E-state index contributed by atoms with van der Waals surface area (Å²) in [6.07, 6.45) is 2.17. The van der Waals surface area contributed by atoms with Gasteiger partial charge >= 0.3 is 0 Å². The van der Waals surface area contributed by atoms with E-state index in [1.807, 2.05) is 36.0 Å². The zero-order valence-corrected chi connectivity index (χ0v) is 11.3. The van der Waals surface area contributed by atoms with Crippen molar-refractivity contribution in [3.05, 3.63) is 29.3 Å². The summed E-state index contributed by atoms with van der Waals surface area (Å²) in [5.41, 5.74) is 0. The van der Waals surface area contributed by atoms with Crippen LogP contribution < -0.4 is 0 Å². The Kier molecular flexibility index (Phi) is 4.89. The number of hydrogen-bond acceptors (Lipinski definition) is 3. The maximum absolute atomic E-state index is 10.0. The molecule has 16 heavy (non-hydrogen) atoms. The van der Waals surface area contributed by atoms with Crippen LogP contribution in [0.15, 0.2) is 29.2 Å². The Morgan fingerprint density at radius 1 is 1.50 bits per heavy atom. The molecule has 0 amide bonds. The summed E-state index contributed by atoms with van der Waals surface area (Å²) in [7, 11) is 0. The van der Waals surface area contributed by atoms with Gasteiger partial charge in [0.15, 0.2) is 0 Å². The molecule has 0 aromatic heterocycles. The number of aliphatic hydroxyl groups is 1. The molecular weight excluding hydrogens is 260 g/mol. The molecule has 0 aliphatic carbocycles. The van der Waals surface area contributed by atoms with Crippen molar-refractivity contribution in [3.63, 3.8) is 0 Å². The van der Waals surface area contributed by atoms with E-state index >= 15 is 0 Å². The molecule has 1 aliphatic heterocycles. The molecule has 1 fully saturated rings. The van der Waals surface area contributed by atoms with Crippen molar-refractivity contribution < 1.29 is 5.11 Å². The van der Waals surface area contributed by atoms with Crippen molar-refractivity contribution in [2.24, 2.45) is 0 Å². The summed E-state index contributed by atoms with van der Waals surface area (Å²) in [5, 5.41) is 11.2. The van der Waals surface area contributed by atoms with Gasteiger partial charge in [0.1, 0.15) is 0 Å². The maximum atomic E-state index is 10.0. The minimum atomic E-state index is -0.214. The van der Waals surface area contributed by atoms with Gasteiger partial charge in [-0.05, 0) is 30.7 Å². The first-order valence-corrected chi connectivity index (χ1v) is 7.85. The molecule has 4 heteroatoms. The van der Waals surface area contributed by atoms with E-state index in [-0.39, 0.29) is 6.10 Å². The van der Waals surface area contributed by atoms with Gasteiger partial charge in [-0.25, -0.2) is 0 Å². The molecule has 0 spiro atoms. The van der Waals surface area contributed by atoms with E-state index in [1.54, 1.807) is 11.8 Å². The Morgan fingerprint density at radius 2 is 2.31 bits per heavy atom. The molecular formula is C12H15ClOS2. The third-order valence-electron chi connectivity index (χ3n) is 2.64. The predicted molar refractivity (Wildman–Crippen MR) is 73.7 cm³/mol. The van der Waals surface area contributed by atoms with Crippen LogP contribution in [-0.2, 0) is 0 Å². The average molecular weight is 275 g/mol. The number of hydrogen-bond donors (Lipinski definition) is 1. The maximum Gasteiger partial charge on any atom is 0.0752 e. The number of halogens is 1. The molecule has 1 N–H and O–H groups in total. The number of rotatable bonds is 4. The van der Waals surface area contributed by atoms with E-state index < -0.39 is 0 Å². The second kappa shape index (κ2) is 6.20. The van der Waals surface area contributed by atoms with Crippen molar-refractivity contribution >= 4 is 35.1 Å². The smallest absolute Gasteiger partial charge is 0.0752 e. The SMILES string of the molecule is OC(CSc1ccccc1Cl)C1CCCS1. The van der Waals surface area contributed by atoms with Crippen LogP contribution in [0.3, 0.4) is 0 Å². The van der Waals surface area contributed by atoms with Crippen LogP contribution in [0.1, 0.15) is 12.8 Å². The highest BCUT2D eigenvalue weighted by atomic mass is 35.5. The van der Waals surface area contributed by atoms with Crippen LogP contribution in [0.2, 0.25) is 5.02 Å². The zero-order chi connectivity index (χ0) is 11.4. The van der Waals surface area contributed by atoms with E-state index in [9.17, 15) is 5.11 Å². The highest BCUT2D eigenvalue weighted by Gasteiger charge is 2.23. The summed E-state index contributed by atoms with van der Waals surface area (Å²) in [5.74, 6) is 1.93. The molecule has 2 rings (SSSR count). The minimum Gasteiger partial charge on any atom is -0.391 e. The van der Waals surface area contributed by atoms with E-state index in [0.29, 0.717) is 5.25 Å². The standard InChI is InChI=1S/C12H15ClOS2/c13-9-4-1-2-5-11(9)16-8-10(14)12-6-3-7-15-12/h1-2,4-5,10,12,14H,3,6-8H2. The van der Waals surface area contributed by atoms with Crippen molar-refractivity contribution in [1.29, 1.82) is 0 Å². The first kappa shape index (κ1) is 12.6. The average Bonchev–Trinajstić information content (AvgIpc) is 2.81. The highest BCUT2D eigenvalue weighted by Crippen LogP contribution is 2.33. The zero-order valence-electron chi connectivity index (χ0n) is 8.93. The lowest BCUT2D eigenvalue weighted by Gasteiger charge is -2.16. The van der Waals surface area contributed by atoms with Gasteiger partial charge in [-0.2, -0.15) is 11.8 Å². The lowest BCUT2D eigenvalue weighted by molar-refractivity contribution is 0.194. The van der Waals surface area contributed by atoms with Crippen LogP contribution >= 0.6 is 35.1 Å². The van der Waals surface area contributed by atoms with Crippen LogP contribution in [0.25, 0.3) is 0 Å². The molecule has 1 aromatic rings. The normalized spacial score (nSPS) is 22.2. The van der Waals surface area contributed by atoms with Crippen LogP contribution in [0.5, 0.6) is 0 Å². The molecule has 1 aromatic carbocycles. The van der Waals surface area contributed by atoms with Crippen LogP contribution in [-0.4, -0.2) is 28.0 Å². The molecule has 0 bridgehead atoms. The fourth-order valence-corrected chi connectivity index (χ4v) is 4.42. The lowest BCUT2D eigenvalue weighted by atomic mass is 10.2. The predicted octanol–water partition coefficient (Wildman–Crippen LogP) is 3.69. The first-order valence-electron chi connectivity index (χ1n) is 5.44. The fraction of sp³-hybridized carbons (Fsp3) is 0.500. The second-order valence-corrected chi connectivity index (χ2v) is 6.68. The van der Waals surface area contributed by atoms with E-state index in [0.717, 1.165) is 22.1 Å². The molecule has 0 radical (unpaired) electrons. The molecule has 1 nitrogen and oxygen atoms in total. The minimum absolute atomic E-state index is 0.214. The molecule has 1 saturated heterocycles. The number of aliphatic hydroxyl groups excluding tert-OH is 1. The third kappa shape index (κ3) is 3.33. The third-order valence-corrected chi connectivity index (χ3v) is 5.76. The van der Waals surface area contributed by atoms with Gasteiger partial charge in [-0.1, -0.05) is 23.7 Å². The van der Waals surface area contributed by atoms with Gasteiger partial charge in [-0.3, -0.25) is 0 Å². The summed E-state index contributed by atoms with van der Waals surface area (Å²) in [6.45, 7) is 0. The Labute approximate surface area is 110 Å².